The van der Waals surface area contributed by atoms with Crippen LogP contribution < -0.4 is 5.32 Å². The Morgan fingerprint density at radius 3 is 2.94 bits per heavy atom. The molecule has 0 aliphatic rings. The average Bonchev–Trinajstić information content (AvgIpc) is 2.38. The first kappa shape index (κ1) is 14.4. The first-order valence-corrected chi connectivity index (χ1v) is 6.25. The zero-order valence-electron chi connectivity index (χ0n) is 10.7. The standard InChI is InChI=1S/C13H20N2O3/c1-2-3-9-18-10-5-8-15-13(17)12-11(16)6-4-7-14-12/h4,6-7,16H,2-3,5,8-10H2,1H3,(H,15,17). The Morgan fingerprint density at radius 2 is 2.22 bits per heavy atom. The highest BCUT2D eigenvalue weighted by atomic mass is 16.5. The van der Waals surface area contributed by atoms with Gasteiger partial charge >= 0.3 is 0 Å². The van der Waals surface area contributed by atoms with Crippen LogP contribution in [0.3, 0.4) is 0 Å². The molecule has 0 aliphatic carbocycles. The van der Waals surface area contributed by atoms with E-state index in [0.29, 0.717) is 13.2 Å². The third-order valence-electron chi connectivity index (χ3n) is 2.39. The summed E-state index contributed by atoms with van der Waals surface area (Å²) in [5, 5.41) is 12.1. The van der Waals surface area contributed by atoms with E-state index in [1.165, 1.54) is 12.3 Å². The summed E-state index contributed by atoms with van der Waals surface area (Å²) in [7, 11) is 0. The van der Waals surface area contributed by atoms with Crippen molar-refractivity contribution in [2.24, 2.45) is 0 Å². The van der Waals surface area contributed by atoms with Gasteiger partial charge in [-0.25, -0.2) is 4.98 Å². The monoisotopic (exact) mass is 252 g/mol. The van der Waals surface area contributed by atoms with Gasteiger partial charge in [-0.2, -0.15) is 0 Å². The number of nitrogens with zero attached hydrogens (tertiary/aromatic N) is 1. The fourth-order valence-electron chi connectivity index (χ4n) is 1.38. The molecule has 0 fully saturated rings. The van der Waals surface area contributed by atoms with Crippen molar-refractivity contribution in [1.29, 1.82) is 0 Å². The summed E-state index contributed by atoms with van der Waals surface area (Å²) in [6.07, 6.45) is 4.41. The fourth-order valence-corrected chi connectivity index (χ4v) is 1.38. The number of hydrogen-bond acceptors (Lipinski definition) is 4. The predicted molar refractivity (Wildman–Crippen MR) is 68.6 cm³/mol. The Hall–Kier alpha value is -1.62. The molecule has 0 bridgehead atoms. The lowest BCUT2D eigenvalue weighted by Gasteiger charge is -2.06. The highest BCUT2D eigenvalue weighted by molar-refractivity contribution is 5.94. The largest absolute Gasteiger partial charge is 0.505 e. The molecule has 0 unspecified atom stereocenters. The van der Waals surface area contributed by atoms with Gasteiger partial charge < -0.3 is 15.2 Å². The van der Waals surface area contributed by atoms with E-state index in [1.54, 1.807) is 6.07 Å². The van der Waals surface area contributed by atoms with Crippen LogP contribution in [0.5, 0.6) is 5.75 Å². The lowest BCUT2D eigenvalue weighted by atomic mass is 10.3. The maximum absolute atomic E-state index is 11.6. The molecule has 0 aliphatic heterocycles. The van der Waals surface area contributed by atoms with Crippen molar-refractivity contribution >= 4 is 5.91 Å². The number of pyridine rings is 1. The number of amides is 1. The van der Waals surface area contributed by atoms with Gasteiger partial charge in [0.1, 0.15) is 5.75 Å². The predicted octanol–water partition coefficient (Wildman–Crippen LogP) is 1.72. The molecule has 0 saturated carbocycles. The van der Waals surface area contributed by atoms with Crippen LogP contribution in [0.25, 0.3) is 0 Å². The number of rotatable bonds is 8. The number of aromatic nitrogens is 1. The van der Waals surface area contributed by atoms with Crippen LogP contribution in [0, 0.1) is 0 Å². The van der Waals surface area contributed by atoms with Crippen molar-refractivity contribution in [2.75, 3.05) is 19.8 Å². The van der Waals surface area contributed by atoms with Gasteiger partial charge in [-0.3, -0.25) is 4.79 Å². The summed E-state index contributed by atoms with van der Waals surface area (Å²) in [5.74, 6) is -0.462. The molecular weight excluding hydrogens is 232 g/mol. The molecule has 1 aromatic heterocycles. The van der Waals surface area contributed by atoms with Gasteiger partial charge in [-0.05, 0) is 25.0 Å². The molecule has 5 nitrogen and oxygen atoms in total. The number of carbonyl (C=O) groups excluding carboxylic acids is 1. The van der Waals surface area contributed by atoms with E-state index in [1.807, 2.05) is 0 Å². The number of hydrogen-bond donors (Lipinski definition) is 2. The van der Waals surface area contributed by atoms with Crippen molar-refractivity contribution < 1.29 is 14.6 Å². The molecule has 100 valence electrons. The molecule has 2 N–H and O–H groups in total. The van der Waals surface area contributed by atoms with Crippen molar-refractivity contribution in [3.05, 3.63) is 24.0 Å². The summed E-state index contributed by atoms with van der Waals surface area (Å²) in [4.78, 5) is 15.5. The van der Waals surface area contributed by atoms with E-state index in [0.717, 1.165) is 25.9 Å². The number of aromatic hydroxyl groups is 1. The van der Waals surface area contributed by atoms with E-state index in [2.05, 4.69) is 17.2 Å². The molecule has 0 saturated heterocycles. The van der Waals surface area contributed by atoms with Crippen LogP contribution in [0.4, 0.5) is 0 Å². The summed E-state index contributed by atoms with van der Waals surface area (Å²) >= 11 is 0. The summed E-state index contributed by atoms with van der Waals surface area (Å²) in [6, 6.07) is 3.02. The molecule has 0 aromatic carbocycles. The van der Waals surface area contributed by atoms with Crippen LogP contribution in [0.2, 0.25) is 0 Å². The number of carbonyl (C=O) groups is 1. The van der Waals surface area contributed by atoms with E-state index in [9.17, 15) is 9.90 Å². The highest BCUT2D eigenvalue weighted by Gasteiger charge is 2.10. The van der Waals surface area contributed by atoms with Gasteiger partial charge in [0.2, 0.25) is 0 Å². The van der Waals surface area contributed by atoms with Crippen molar-refractivity contribution in [1.82, 2.24) is 10.3 Å². The highest BCUT2D eigenvalue weighted by Crippen LogP contribution is 2.11. The van der Waals surface area contributed by atoms with E-state index in [4.69, 9.17) is 4.74 Å². The van der Waals surface area contributed by atoms with Crippen LogP contribution in [-0.2, 0) is 4.74 Å². The lowest BCUT2D eigenvalue weighted by molar-refractivity contribution is 0.0932. The summed E-state index contributed by atoms with van der Waals surface area (Å²) in [6.45, 7) is 4.03. The van der Waals surface area contributed by atoms with Gasteiger partial charge in [-0.1, -0.05) is 13.3 Å². The molecule has 0 spiro atoms. The average molecular weight is 252 g/mol. The molecule has 0 radical (unpaired) electrons. The molecule has 0 atom stereocenters. The molecule has 1 rings (SSSR count). The molecule has 1 heterocycles. The Kier molecular flexibility index (Phi) is 6.79. The zero-order chi connectivity index (χ0) is 13.2. The molecular formula is C13H20N2O3. The maximum atomic E-state index is 11.6. The number of unbranched alkanes of at least 4 members (excludes halogenated alkanes) is 1. The first-order chi connectivity index (χ1) is 8.75. The van der Waals surface area contributed by atoms with Gasteiger partial charge in [0, 0.05) is 26.0 Å². The number of nitrogens with one attached hydrogen (secondary N) is 1. The summed E-state index contributed by atoms with van der Waals surface area (Å²) < 4.78 is 5.37. The van der Waals surface area contributed by atoms with Gasteiger partial charge in [0.15, 0.2) is 5.69 Å². The van der Waals surface area contributed by atoms with Crippen molar-refractivity contribution in [2.45, 2.75) is 26.2 Å². The fraction of sp³-hybridized carbons (Fsp3) is 0.538. The second-order valence-corrected chi connectivity index (χ2v) is 3.95. The minimum atomic E-state index is -0.360. The van der Waals surface area contributed by atoms with Gasteiger partial charge in [0.05, 0.1) is 0 Å². The summed E-state index contributed by atoms with van der Waals surface area (Å²) in [5.41, 5.74) is 0.0596. The SMILES string of the molecule is CCCCOCCCNC(=O)c1ncccc1O. The van der Waals surface area contributed by atoms with E-state index in [-0.39, 0.29) is 17.4 Å². The van der Waals surface area contributed by atoms with Crippen LogP contribution >= 0.6 is 0 Å². The Morgan fingerprint density at radius 1 is 1.44 bits per heavy atom. The normalized spacial score (nSPS) is 10.3. The first-order valence-electron chi connectivity index (χ1n) is 6.25. The van der Waals surface area contributed by atoms with Gasteiger partial charge in [0.25, 0.3) is 5.91 Å². The Bertz CT molecular complexity index is 369. The minimum Gasteiger partial charge on any atom is -0.505 e. The third kappa shape index (κ3) is 5.14. The molecule has 18 heavy (non-hydrogen) atoms. The quantitative estimate of drug-likeness (QED) is 0.691. The smallest absolute Gasteiger partial charge is 0.273 e. The topological polar surface area (TPSA) is 71.5 Å². The van der Waals surface area contributed by atoms with Crippen LogP contribution in [0.1, 0.15) is 36.7 Å². The van der Waals surface area contributed by atoms with Gasteiger partial charge in [-0.15, -0.1) is 0 Å². The maximum Gasteiger partial charge on any atom is 0.273 e. The molecule has 1 amide bonds. The second-order valence-electron chi connectivity index (χ2n) is 3.95. The number of ether oxygens (including phenoxy) is 1. The Balaban J connectivity index is 2.16. The second kappa shape index (κ2) is 8.47. The van der Waals surface area contributed by atoms with E-state index >= 15 is 0 Å². The zero-order valence-corrected chi connectivity index (χ0v) is 10.7. The van der Waals surface area contributed by atoms with Crippen molar-refractivity contribution in [3.63, 3.8) is 0 Å². The minimum absolute atomic E-state index is 0.0596. The van der Waals surface area contributed by atoms with Crippen molar-refractivity contribution in [3.8, 4) is 5.75 Å². The van der Waals surface area contributed by atoms with E-state index < -0.39 is 0 Å². The lowest BCUT2D eigenvalue weighted by Crippen LogP contribution is -2.26. The molecule has 5 heteroatoms. The third-order valence-corrected chi connectivity index (χ3v) is 2.39. The van der Waals surface area contributed by atoms with Crippen LogP contribution in [0.15, 0.2) is 18.3 Å². The Labute approximate surface area is 107 Å². The van der Waals surface area contributed by atoms with Crippen LogP contribution in [-0.4, -0.2) is 35.8 Å². The molecule has 1 aromatic rings.